The van der Waals surface area contributed by atoms with Crippen molar-refractivity contribution in [2.45, 2.75) is 45.9 Å². The van der Waals surface area contributed by atoms with Gasteiger partial charge in [-0.3, -0.25) is 9.69 Å². The number of methoxy groups -OCH3 is 1. The number of hydrogen-bond donors (Lipinski definition) is 1. The molecule has 1 amide bonds. The summed E-state index contributed by atoms with van der Waals surface area (Å²) in [5.74, 6) is 1.06. The van der Waals surface area contributed by atoms with Gasteiger partial charge in [0.1, 0.15) is 5.82 Å². The molecule has 1 heterocycles. The number of nitrogens with one attached hydrogen (secondary N) is 1. The number of piperidine rings is 1. The van der Waals surface area contributed by atoms with Crippen LogP contribution in [0.15, 0.2) is 36.4 Å². The largest absolute Gasteiger partial charge is 0.493 e. The van der Waals surface area contributed by atoms with Crippen molar-refractivity contribution < 1.29 is 18.7 Å². The molecule has 2 aromatic carbocycles. The van der Waals surface area contributed by atoms with Crippen molar-refractivity contribution >= 4 is 17.5 Å². The van der Waals surface area contributed by atoms with Crippen molar-refractivity contribution in [1.29, 1.82) is 0 Å². The number of nitrogens with zero attached hydrogens (tertiary/aromatic N) is 1. The first-order valence-electron chi connectivity index (χ1n) is 10.6. The van der Waals surface area contributed by atoms with E-state index in [1.54, 1.807) is 19.2 Å². The van der Waals surface area contributed by atoms with Gasteiger partial charge in [-0.05, 0) is 69.6 Å². The van der Waals surface area contributed by atoms with E-state index in [0.717, 1.165) is 31.5 Å². The van der Waals surface area contributed by atoms with Gasteiger partial charge < -0.3 is 14.8 Å². The summed E-state index contributed by atoms with van der Waals surface area (Å²) >= 11 is 6.14. The summed E-state index contributed by atoms with van der Waals surface area (Å²) < 4.78 is 25.2. The minimum Gasteiger partial charge on any atom is -0.493 e. The molecule has 7 heteroatoms. The summed E-state index contributed by atoms with van der Waals surface area (Å²) in [7, 11) is 1.60. The van der Waals surface area contributed by atoms with Gasteiger partial charge in [0.2, 0.25) is 5.91 Å². The Labute approximate surface area is 188 Å². The van der Waals surface area contributed by atoms with Gasteiger partial charge in [-0.25, -0.2) is 4.39 Å². The molecule has 0 spiro atoms. The number of ether oxygens (including phenoxy) is 2. The highest BCUT2D eigenvalue weighted by molar-refractivity contribution is 6.31. The van der Waals surface area contributed by atoms with Gasteiger partial charge in [-0.15, -0.1) is 0 Å². The van der Waals surface area contributed by atoms with E-state index in [1.807, 2.05) is 32.0 Å². The molecule has 0 unspecified atom stereocenters. The molecule has 0 atom stereocenters. The van der Waals surface area contributed by atoms with Crippen LogP contribution in [0.2, 0.25) is 5.02 Å². The molecule has 1 aliphatic rings. The third kappa shape index (κ3) is 6.34. The van der Waals surface area contributed by atoms with Crippen LogP contribution in [-0.2, 0) is 17.9 Å². The number of carbonyl (C=O) groups excluding carboxylic acids is 1. The first-order valence-corrected chi connectivity index (χ1v) is 11.0. The zero-order chi connectivity index (χ0) is 22.4. The quantitative estimate of drug-likeness (QED) is 0.630. The molecular weight excluding hydrogens is 419 g/mol. The van der Waals surface area contributed by atoms with Crippen molar-refractivity contribution in [3.05, 3.63) is 58.4 Å². The zero-order valence-electron chi connectivity index (χ0n) is 18.3. The van der Waals surface area contributed by atoms with E-state index in [9.17, 15) is 9.18 Å². The van der Waals surface area contributed by atoms with Crippen LogP contribution in [0, 0.1) is 11.7 Å². The van der Waals surface area contributed by atoms with Crippen LogP contribution in [0.1, 0.15) is 37.8 Å². The van der Waals surface area contributed by atoms with E-state index < -0.39 is 0 Å². The molecule has 0 radical (unpaired) electrons. The lowest BCUT2D eigenvalue weighted by Crippen LogP contribution is -2.40. The Balaban J connectivity index is 1.49. The fourth-order valence-electron chi connectivity index (χ4n) is 3.77. The van der Waals surface area contributed by atoms with Crippen molar-refractivity contribution in [2.75, 3.05) is 20.2 Å². The molecule has 1 aliphatic heterocycles. The third-order valence-corrected chi connectivity index (χ3v) is 5.81. The summed E-state index contributed by atoms with van der Waals surface area (Å²) in [5.41, 5.74) is 1.47. The van der Waals surface area contributed by atoms with Crippen LogP contribution >= 0.6 is 11.6 Å². The highest BCUT2D eigenvalue weighted by Crippen LogP contribution is 2.29. The second-order valence-corrected chi connectivity index (χ2v) is 8.53. The first-order chi connectivity index (χ1) is 14.9. The summed E-state index contributed by atoms with van der Waals surface area (Å²) in [6, 6.07) is 10.4. The highest BCUT2D eigenvalue weighted by atomic mass is 35.5. The van der Waals surface area contributed by atoms with Crippen LogP contribution in [0.5, 0.6) is 11.5 Å². The van der Waals surface area contributed by atoms with E-state index in [2.05, 4.69) is 10.2 Å². The van der Waals surface area contributed by atoms with Gasteiger partial charge >= 0.3 is 0 Å². The molecule has 0 aliphatic carbocycles. The van der Waals surface area contributed by atoms with Gasteiger partial charge in [0.15, 0.2) is 11.5 Å². The van der Waals surface area contributed by atoms with Crippen molar-refractivity contribution in [2.24, 2.45) is 5.92 Å². The van der Waals surface area contributed by atoms with Crippen molar-refractivity contribution in [3.63, 3.8) is 0 Å². The van der Waals surface area contributed by atoms with E-state index in [4.69, 9.17) is 21.1 Å². The highest BCUT2D eigenvalue weighted by Gasteiger charge is 2.25. The molecule has 1 fully saturated rings. The van der Waals surface area contributed by atoms with Gasteiger partial charge in [0.25, 0.3) is 0 Å². The normalized spacial score (nSPS) is 15.2. The third-order valence-electron chi connectivity index (χ3n) is 5.46. The molecule has 1 N–H and O–H groups in total. The minimum absolute atomic E-state index is 0.0437. The number of benzene rings is 2. The predicted molar refractivity (Wildman–Crippen MR) is 120 cm³/mol. The van der Waals surface area contributed by atoms with E-state index in [-0.39, 0.29) is 23.7 Å². The monoisotopic (exact) mass is 448 g/mol. The molecule has 0 aromatic heterocycles. The molecule has 1 saturated heterocycles. The van der Waals surface area contributed by atoms with Gasteiger partial charge in [0, 0.05) is 29.6 Å². The second-order valence-electron chi connectivity index (χ2n) is 8.12. The number of carbonyl (C=O) groups is 1. The van der Waals surface area contributed by atoms with Crippen LogP contribution in [0.3, 0.4) is 0 Å². The Kier molecular flexibility index (Phi) is 8.15. The maximum absolute atomic E-state index is 14.0. The number of likely N-dealkylation sites (tertiary alicyclic amines) is 1. The summed E-state index contributed by atoms with van der Waals surface area (Å²) in [6.45, 7) is 6.29. The smallest absolute Gasteiger partial charge is 0.223 e. The summed E-state index contributed by atoms with van der Waals surface area (Å²) in [4.78, 5) is 14.8. The Morgan fingerprint density at radius 3 is 2.61 bits per heavy atom. The summed E-state index contributed by atoms with van der Waals surface area (Å²) in [5, 5.41) is 3.47. The fraction of sp³-hybridized carbons (Fsp3) is 0.458. The molecule has 0 saturated carbocycles. The summed E-state index contributed by atoms with van der Waals surface area (Å²) in [6.07, 6.45) is 1.53. The average Bonchev–Trinajstić information content (AvgIpc) is 2.75. The molecular formula is C24H30ClFN2O3. The topological polar surface area (TPSA) is 50.8 Å². The Morgan fingerprint density at radius 1 is 1.23 bits per heavy atom. The molecule has 0 bridgehead atoms. The van der Waals surface area contributed by atoms with E-state index >= 15 is 0 Å². The number of amides is 1. The SMILES string of the molecule is COc1cc(CNC(=O)C2CCN(Cc3c(F)cccc3Cl)CC2)ccc1OC(C)C. The average molecular weight is 449 g/mol. The first kappa shape index (κ1) is 23.4. The molecule has 168 valence electrons. The number of rotatable bonds is 8. The molecule has 31 heavy (non-hydrogen) atoms. The van der Waals surface area contributed by atoms with Crippen LogP contribution < -0.4 is 14.8 Å². The maximum atomic E-state index is 14.0. The van der Waals surface area contributed by atoms with E-state index in [1.165, 1.54) is 6.07 Å². The molecule has 3 rings (SSSR count). The Hall–Kier alpha value is -2.31. The predicted octanol–water partition coefficient (Wildman–Crippen LogP) is 4.80. The lowest BCUT2D eigenvalue weighted by atomic mass is 9.95. The Bertz CT molecular complexity index is 878. The van der Waals surface area contributed by atoms with Crippen LogP contribution in [-0.4, -0.2) is 37.1 Å². The number of hydrogen-bond acceptors (Lipinski definition) is 4. The van der Waals surface area contributed by atoms with Gasteiger partial charge in [-0.1, -0.05) is 23.7 Å². The second kappa shape index (κ2) is 10.8. The Morgan fingerprint density at radius 2 is 1.97 bits per heavy atom. The van der Waals surface area contributed by atoms with Gasteiger partial charge in [0.05, 0.1) is 13.2 Å². The lowest BCUT2D eigenvalue weighted by molar-refractivity contribution is -0.126. The lowest BCUT2D eigenvalue weighted by Gasteiger charge is -2.31. The molecule has 5 nitrogen and oxygen atoms in total. The van der Waals surface area contributed by atoms with Crippen molar-refractivity contribution in [1.82, 2.24) is 10.2 Å². The minimum atomic E-state index is -0.285. The number of halogens is 2. The molecule has 2 aromatic rings. The van der Waals surface area contributed by atoms with Gasteiger partial charge in [-0.2, -0.15) is 0 Å². The van der Waals surface area contributed by atoms with E-state index in [0.29, 0.717) is 35.2 Å². The fourth-order valence-corrected chi connectivity index (χ4v) is 3.99. The van der Waals surface area contributed by atoms with Crippen molar-refractivity contribution in [3.8, 4) is 11.5 Å². The zero-order valence-corrected chi connectivity index (χ0v) is 19.0. The standard InChI is InChI=1S/C24H30ClFN2O3/c1-16(2)31-22-8-7-17(13-23(22)30-3)14-27-24(29)18-9-11-28(12-10-18)15-19-20(25)5-4-6-21(19)26/h4-8,13,16,18H,9-12,14-15H2,1-3H3,(H,27,29). The van der Waals surface area contributed by atoms with Crippen LogP contribution in [0.4, 0.5) is 4.39 Å². The maximum Gasteiger partial charge on any atom is 0.223 e. The van der Waals surface area contributed by atoms with Crippen LogP contribution in [0.25, 0.3) is 0 Å².